The van der Waals surface area contributed by atoms with E-state index in [1.165, 1.54) is 33.4 Å². The van der Waals surface area contributed by atoms with Crippen LogP contribution >= 0.6 is 0 Å². The molecule has 0 bridgehead atoms. The average Bonchev–Trinajstić information content (AvgIpc) is 2.71. The van der Waals surface area contributed by atoms with E-state index in [0.717, 1.165) is 6.42 Å². The molecule has 0 radical (unpaired) electrons. The minimum Gasteiger partial charge on any atom is -0.0991 e. The molecule has 0 heterocycles. The van der Waals surface area contributed by atoms with Gasteiger partial charge in [0.15, 0.2) is 0 Å². The molecule has 1 aliphatic carbocycles. The SMILES string of the molecule is C=C/C=C(C)\C=C1/Cc2c(ccc(/C=C\C)c2C=C)C1(C)C. The third kappa shape index (κ3) is 2.78. The highest BCUT2D eigenvalue weighted by Crippen LogP contribution is 2.45. The fraction of sp³-hybridized carbons (Fsp3) is 0.273. The van der Waals surface area contributed by atoms with Crippen LogP contribution in [0.5, 0.6) is 0 Å². The van der Waals surface area contributed by atoms with Crippen LogP contribution in [0.4, 0.5) is 0 Å². The highest BCUT2D eigenvalue weighted by Gasteiger charge is 2.35. The third-order valence-corrected chi connectivity index (χ3v) is 4.57. The van der Waals surface area contributed by atoms with E-state index >= 15 is 0 Å². The predicted molar refractivity (Wildman–Crippen MR) is 100 cm³/mol. The van der Waals surface area contributed by atoms with Crippen molar-refractivity contribution in [1.82, 2.24) is 0 Å². The van der Waals surface area contributed by atoms with Gasteiger partial charge in [-0.25, -0.2) is 0 Å². The van der Waals surface area contributed by atoms with Crippen LogP contribution in [0.1, 0.15) is 49.9 Å². The summed E-state index contributed by atoms with van der Waals surface area (Å²) in [6, 6.07) is 4.50. The molecule has 1 aromatic rings. The standard InChI is InChI=1S/C22H26/c1-7-10-16(4)14-18-15-20-19(9-3)17(11-8-2)12-13-21(20)22(18,5)6/h7-14H,1,3,15H2,2,4-6H3/b11-8-,16-10-,18-14+. The predicted octanol–water partition coefficient (Wildman–Crippen LogP) is 6.26. The van der Waals surface area contributed by atoms with Gasteiger partial charge in [-0.1, -0.05) is 86.7 Å². The number of rotatable bonds is 4. The molecule has 0 spiro atoms. The summed E-state index contributed by atoms with van der Waals surface area (Å²) in [6.07, 6.45) is 13.5. The lowest BCUT2D eigenvalue weighted by atomic mass is 9.81. The summed E-state index contributed by atoms with van der Waals surface area (Å²) in [7, 11) is 0. The van der Waals surface area contributed by atoms with Crippen molar-refractivity contribution in [2.75, 3.05) is 0 Å². The largest absolute Gasteiger partial charge is 0.0991 e. The maximum Gasteiger partial charge on any atom is 0.0115 e. The van der Waals surface area contributed by atoms with Crippen molar-refractivity contribution >= 4 is 12.2 Å². The van der Waals surface area contributed by atoms with Crippen molar-refractivity contribution in [2.45, 2.75) is 39.5 Å². The molecular formula is C22H26. The summed E-state index contributed by atoms with van der Waals surface area (Å²) in [5.74, 6) is 0. The molecule has 0 saturated carbocycles. The van der Waals surface area contributed by atoms with Gasteiger partial charge >= 0.3 is 0 Å². The van der Waals surface area contributed by atoms with Crippen LogP contribution in [-0.4, -0.2) is 0 Å². The highest BCUT2D eigenvalue weighted by molar-refractivity contribution is 5.72. The number of hydrogen-bond acceptors (Lipinski definition) is 0. The van der Waals surface area contributed by atoms with Gasteiger partial charge in [-0.2, -0.15) is 0 Å². The fourth-order valence-corrected chi connectivity index (χ4v) is 3.35. The van der Waals surface area contributed by atoms with E-state index in [2.05, 4.69) is 77.3 Å². The second-order valence-electron chi connectivity index (χ2n) is 6.42. The van der Waals surface area contributed by atoms with Gasteiger partial charge in [0, 0.05) is 5.41 Å². The Bertz CT molecular complexity index is 691. The van der Waals surface area contributed by atoms with E-state index in [1.807, 2.05) is 12.2 Å². The summed E-state index contributed by atoms with van der Waals surface area (Å²) in [4.78, 5) is 0. The lowest BCUT2D eigenvalue weighted by molar-refractivity contribution is 0.643. The summed E-state index contributed by atoms with van der Waals surface area (Å²) in [5.41, 5.74) is 8.15. The van der Waals surface area contributed by atoms with Crippen LogP contribution < -0.4 is 0 Å². The van der Waals surface area contributed by atoms with Crippen molar-refractivity contribution in [3.05, 3.63) is 83.0 Å². The molecule has 0 atom stereocenters. The van der Waals surface area contributed by atoms with Crippen LogP contribution in [0, 0.1) is 0 Å². The number of allylic oxidation sites excluding steroid dienone is 6. The lowest BCUT2D eigenvalue weighted by Crippen LogP contribution is -2.15. The van der Waals surface area contributed by atoms with Crippen molar-refractivity contribution in [3.63, 3.8) is 0 Å². The van der Waals surface area contributed by atoms with Crippen LogP contribution in [0.25, 0.3) is 12.2 Å². The van der Waals surface area contributed by atoms with Gasteiger partial charge in [0.2, 0.25) is 0 Å². The van der Waals surface area contributed by atoms with E-state index in [-0.39, 0.29) is 5.41 Å². The summed E-state index contributed by atoms with van der Waals surface area (Å²) in [6.45, 7) is 16.6. The number of fused-ring (bicyclic) bond motifs is 1. The molecule has 114 valence electrons. The Morgan fingerprint density at radius 3 is 2.55 bits per heavy atom. The smallest absolute Gasteiger partial charge is 0.0115 e. The first-order valence-electron chi connectivity index (χ1n) is 7.87. The second-order valence-corrected chi connectivity index (χ2v) is 6.42. The van der Waals surface area contributed by atoms with Crippen molar-refractivity contribution in [1.29, 1.82) is 0 Å². The molecule has 0 amide bonds. The molecule has 0 fully saturated rings. The zero-order valence-corrected chi connectivity index (χ0v) is 14.2. The minimum atomic E-state index is 0.0673. The topological polar surface area (TPSA) is 0 Å². The molecule has 1 aliphatic rings. The van der Waals surface area contributed by atoms with Gasteiger partial charge in [-0.15, -0.1) is 0 Å². The average molecular weight is 290 g/mol. The van der Waals surface area contributed by atoms with Gasteiger partial charge < -0.3 is 0 Å². The van der Waals surface area contributed by atoms with Gasteiger partial charge in [-0.3, -0.25) is 0 Å². The Morgan fingerprint density at radius 1 is 1.23 bits per heavy atom. The fourth-order valence-electron chi connectivity index (χ4n) is 3.35. The van der Waals surface area contributed by atoms with E-state index in [9.17, 15) is 0 Å². The zero-order valence-electron chi connectivity index (χ0n) is 14.2. The molecule has 22 heavy (non-hydrogen) atoms. The first kappa shape index (κ1) is 16.3. The minimum absolute atomic E-state index is 0.0673. The Morgan fingerprint density at radius 2 is 1.95 bits per heavy atom. The molecule has 2 rings (SSSR count). The summed E-state index contributed by atoms with van der Waals surface area (Å²) in [5, 5.41) is 0. The van der Waals surface area contributed by atoms with E-state index < -0.39 is 0 Å². The molecule has 0 N–H and O–H groups in total. The molecule has 0 aromatic heterocycles. The maximum atomic E-state index is 4.04. The first-order valence-corrected chi connectivity index (χ1v) is 7.87. The van der Waals surface area contributed by atoms with Crippen LogP contribution in [0.3, 0.4) is 0 Å². The quantitative estimate of drug-likeness (QED) is 0.574. The van der Waals surface area contributed by atoms with Gasteiger partial charge in [0.1, 0.15) is 0 Å². The monoisotopic (exact) mass is 290 g/mol. The Hall–Kier alpha value is -2.08. The van der Waals surface area contributed by atoms with Gasteiger partial charge in [-0.05, 0) is 42.5 Å². The highest BCUT2D eigenvalue weighted by atomic mass is 14.4. The van der Waals surface area contributed by atoms with E-state index in [1.54, 1.807) is 0 Å². The molecule has 0 aliphatic heterocycles. The molecule has 0 unspecified atom stereocenters. The Balaban J connectivity index is 2.61. The van der Waals surface area contributed by atoms with Crippen LogP contribution in [0.15, 0.2) is 60.7 Å². The summed E-state index contributed by atoms with van der Waals surface area (Å²) < 4.78 is 0. The lowest BCUT2D eigenvalue weighted by Gasteiger charge is -2.22. The molecule has 0 saturated heterocycles. The summed E-state index contributed by atoms with van der Waals surface area (Å²) >= 11 is 0. The van der Waals surface area contributed by atoms with Crippen LogP contribution in [-0.2, 0) is 11.8 Å². The van der Waals surface area contributed by atoms with E-state index in [4.69, 9.17) is 0 Å². The molecular weight excluding hydrogens is 264 g/mol. The Kier molecular flexibility index (Phi) is 4.71. The van der Waals surface area contributed by atoms with Crippen molar-refractivity contribution in [3.8, 4) is 0 Å². The third-order valence-electron chi connectivity index (χ3n) is 4.57. The normalized spacial score (nSPS) is 18.7. The number of hydrogen-bond donors (Lipinski definition) is 0. The van der Waals surface area contributed by atoms with Crippen molar-refractivity contribution < 1.29 is 0 Å². The molecule has 0 nitrogen and oxygen atoms in total. The number of benzene rings is 1. The molecule has 0 heteroatoms. The maximum absolute atomic E-state index is 4.04. The van der Waals surface area contributed by atoms with Gasteiger partial charge in [0.05, 0.1) is 0 Å². The van der Waals surface area contributed by atoms with E-state index in [0.29, 0.717) is 0 Å². The van der Waals surface area contributed by atoms with Crippen molar-refractivity contribution in [2.24, 2.45) is 0 Å². The Labute approximate surface area is 135 Å². The molecule has 1 aromatic carbocycles. The van der Waals surface area contributed by atoms with Gasteiger partial charge in [0.25, 0.3) is 0 Å². The first-order chi connectivity index (χ1) is 10.5. The van der Waals surface area contributed by atoms with Crippen LogP contribution in [0.2, 0.25) is 0 Å². The zero-order chi connectivity index (χ0) is 16.3. The second kappa shape index (κ2) is 6.36.